The Labute approximate surface area is 202 Å². The fraction of sp³-hybridized carbons (Fsp3) is 0.136. The van der Waals surface area contributed by atoms with Crippen LogP contribution in [0.3, 0.4) is 0 Å². The molecule has 8 nitrogen and oxygen atoms in total. The Balaban J connectivity index is 1.53. The maximum atomic E-state index is 12.7. The first-order valence-electron chi connectivity index (χ1n) is 9.88. The number of anilines is 1. The monoisotopic (exact) mass is 499 g/mol. The number of carbonyl (C=O) groups is 2. The molecular weight excluding hydrogens is 482 g/mol. The van der Waals surface area contributed by atoms with Gasteiger partial charge in [0.2, 0.25) is 11.1 Å². The summed E-state index contributed by atoms with van der Waals surface area (Å²) in [6.45, 7) is 1.94. The first-order valence-corrected chi connectivity index (χ1v) is 12.1. The van der Waals surface area contributed by atoms with Crippen LogP contribution in [-0.4, -0.2) is 44.4 Å². The quantitative estimate of drug-likeness (QED) is 0.270. The van der Waals surface area contributed by atoms with Gasteiger partial charge in [0.15, 0.2) is 0 Å². The lowest BCUT2D eigenvalue weighted by Crippen LogP contribution is -2.16. The Bertz CT molecular complexity index is 1280. The van der Waals surface area contributed by atoms with E-state index in [0.29, 0.717) is 26.3 Å². The van der Waals surface area contributed by atoms with Crippen LogP contribution in [0, 0.1) is 0 Å². The van der Waals surface area contributed by atoms with Gasteiger partial charge in [-0.25, -0.2) is 4.79 Å². The van der Waals surface area contributed by atoms with E-state index in [1.54, 1.807) is 23.1 Å². The number of thiophene rings is 1. The third-order valence-electron chi connectivity index (χ3n) is 4.46. The minimum atomic E-state index is -0.523. The molecule has 11 heteroatoms. The van der Waals surface area contributed by atoms with Crippen molar-refractivity contribution >= 4 is 51.6 Å². The first-order chi connectivity index (χ1) is 16.1. The van der Waals surface area contributed by atoms with E-state index in [2.05, 4.69) is 20.8 Å². The maximum absolute atomic E-state index is 12.7. The Morgan fingerprint density at radius 1 is 1.12 bits per heavy atom. The van der Waals surface area contributed by atoms with Crippen molar-refractivity contribution in [2.24, 2.45) is 0 Å². The summed E-state index contributed by atoms with van der Waals surface area (Å²) in [6, 6.07) is 16.6. The molecule has 4 rings (SSSR count). The summed E-state index contributed by atoms with van der Waals surface area (Å²) in [5.41, 5.74) is 2.37. The highest BCUT2D eigenvalue weighted by atomic mass is 35.5. The molecule has 0 spiro atoms. The predicted octanol–water partition coefficient (Wildman–Crippen LogP) is 4.95. The lowest BCUT2D eigenvalue weighted by Gasteiger charge is -2.09. The van der Waals surface area contributed by atoms with E-state index in [1.165, 1.54) is 23.1 Å². The number of ether oxygens (including phenoxy) is 1. The highest BCUT2D eigenvalue weighted by Crippen LogP contribution is 2.39. The molecule has 2 heterocycles. The van der Waals surface area contributed by atoms with Crippen LogP contribution in [0.5, 0.6) is 0 Å². The molecule has 4 aromatic rings. The number of halogens is 1. The largest absolute Gasteiger partial charge is 0.462 e. The van der Waals surface area contributed by atoms with Crippen molar-refractivity contribution in [1.29, 1.82) is 0 Å². The Kier molecular flexibility index (Phi) is 7.38. The Morgan fingerprint density at radius 3 is 2.64 bits per heavy atom. The van der Waals surface area contributed by atoms with E-state index in [9.17, 15) is 9.59 Å². The third-order valence-corrected chi connectivity index (χ3v) is 6.61. The van der Waals surface area contributed by atoms with Crippen LogP contribution in [0.15, 0.2) is 65.1 Å². The molecule has 0 unspecified atom stereocenters. The second-order valence-electron chi connectivity index (χ2n) is 6.60. The van der Waals surface area contributed by atoms with Crippen LogP contribution in [0.1, 0.15) is 17.3 Å². The lowest BCUT2D eigenvalue weighted by atomic mass is 10.0. The molecule has 0 aliphatic heterocycles. The average Bonchev–Trinajstić information content (AvgIpc) is 3.46. The molecule has 0 fully saturated rings. The zero-order chi connectivity index (χ0) is 23.2. The fourth-order valence-corrected chi connectivity index (χ4v) is 4.92. The van der Waals surface area contributed by atoms with Crippen LogP contribution in [0.4, 0.5) is 5.00 Å². The zero-order valence-corrected chi connectivity index (χ0v) is 19.8. The van der Waals surface area contributed by atoms with Gasteiger partial charge in [-0.3, -0.25) is 4.79 Å². The first kappa shape index (κ1) is 23.0. The van der Waals surface area contributed by atoms with Crippen LogP contribution in [-0.2, 0) is 9.53 Å². The summed E-state index contributed by atoms with van der Waals surface area (Å²) in [7, 11) is 0. The number of tetrazole rings is 1. The van der Waals surface area contributed by atoms with Crippen molar-refractivity contribution < 1.29 is 14.3 Å². The van der Waals surface area contributed by atoms with Gasteiger partial charge >= 0.3 is 5.97 Å². The lowest BCUT2D eigenvalue weighted by molar-refractivity contribution is -0.113. The van der Waals surface area contributed by atoms with Crippen LogP contribution in [0.25, 0.3) is 16.8 Å². The van der Waals surface area contributed by atoms with Crippen LogP contribution in [0.2, 0.25) is 5.02 Å². The van der Waals surface area contributed by atoms with Gasteiger partial charge < -0.3 is 10.1 Å². The van der Waals surface area contributed by atoms with Crippen molar-refractivity contribution in [2.45, 2.75) is 12.1 Å². The molecule has 168 valence electrons. The molecule has 1 N–H and O–H groups in total. The number of hydrogen-bond acceptors (Lipinski definition) is 8. The van der Waals surface area contributed by atoms with Crippen LogP contribution >= 0.6 is 34.7 Å². The smallest absolute Gasteiger partial charge is 0.341 e. The molecule has 0 radical (unpaired) electrons. The van der Waals surface area contributed by atoms with E-state index < -0.39 is 5.97 Å². The van der Waals surface area contributed by atoms with Crippen molar-refractivity contribution in [3.63, 3.8) is 0 Å². The van der Waals surface area contributed by atoms with Gasteiger partial charge in [0.25, 0.3) is 0 Å². The van der Waals surface area contributed by atoms with Gasteiger partial charge in [-0.15, -0.1) is 16.4 Å². The van der Waals surface area contributed by atoms with Gasteiger partial charge in [0.1, 0.15) is 10.6 Å². The molecule has 33 heavy (non-hydrogen) atoms. The number of thioether (sulfide) groups is 1. The van der Waals surface area contributed by atoms with Crippen molar-refractivity contribution in [1.82, 2.24) is 20.2 Å². The highest BCUT2D eigenvalue weighted by Gasteiger charge is 2.24. The van der Waals surface area contributed by atoms with Gasteiger partial charge in [-0.05, 0) is 35.5 Å². The van der Waals surface area contributed by atoms with Crippen LogP contribution < -0.4 is 5.32 Å². The number of amides is 1. The molecule has 0 aliphatic rings. The molecular formula is C22H18ClN5O3S2. The normalized spacial score (nSPS) is 10.7. The third kappa shape index (κ3) is 5.24. The summed E-state index contributed by atoms with van der Waals surface area (Å²) >= 11 is 8.77. The summed E-state index contributed by atoms with van der Waals surface area (Å²) in [6.07, 6.45) is 0. The highest BCUT2D eigenvalue weighted by molar-refractivity contribution is 7.99. The standard InChI is InChI=1S/C22H18ClN5O3S2/c1-2-31-21(30)19-16(15-10-6-7-11-17(15)23)12-32-20(19)24-18(29)13-33-22-25-26-27-28(22)14-8-4-3-5-9-14/h3-12H,2,13H2,1H3,(H,24,29). The molecule has 0 saturated heterocycles. The summed E-state index contributed by atoms with van der Waals surface area (Å²) in [5, 5.41) is 17.7. The molecule has 0 bridgehead atoms. The second-order valence-corrected chi connectivity index (χ2v) is 8.83. The Morgan fingerprint density at radius 2 is 1.88 bits per heavy atom. The average molecular weight is 500 g/mol. The summed E-state index contributed by atoms with van der Waals surface area (Å²) in [4.78, 5) is 25.4. The van der Waals surface area contributed by atoms with E-state index >= 15 is 0 Å². The molecule has 0 aliphatic carbocycles. The molecule has 2 aromatic carbocycles. The molecule has 0 saturated carbocycles. The number of esters is 1. The molecule has 1 amide bonds. The van der Waals surface area contributed by atoms with E-state index in [-0.39, 0.29) is 23.8 Å². The van der Waals surface area contributed by atoms with Crippen molar-refractivity contribution in [3.8, 4) is 16.8 Å². The van der Waals surface area contributed by atoms with E-state index in [4.69, 9.17) is 16.3 Å². The maximum Gasteiger partial charge on any atom is 0.341 e. The van der Waals surface area contributed by atoms with E-state index in [0.717, 1.165) is 5.69 Å². The van der Waals surface area contributed by atoms with E-state index in [1.807, 2.05) is 48.5 Å². The number of benzene rings is 2. The molecule has 0 atom stereocenters. The summed E-state index contributed by atoms with van der Waals surface area (Å²) < 4.78 is 6.79. The minimum Gasteiger partial charge on any atom is -0.462 e. The van der Waals surface area contributed by atoms with Crippen molar-refractivity contribution in [2.75, 3.05) is 17.7 Å². The number of nitrogens with one attached hydrogen (secondary N) is 1. The predicted molar refractivity (Wildman–Crippen MR) is 129 cm³/mol. The fourth-order valence-electron chi connectivity index (χ4n) is 3.03. The molecule has 2 aromatic heterocycles. The number of rotatable bonds is 8. The topological polar surface area (TPSA) is 99.0 Å². The number of nitrogens with zero attached hydrogens (tertiary/aromatic N) is 4. The number of aromatic nitrogens is 4. The zero-order valence-electron chi connectivity index (χ0n) is 17.4. The Hall–Kier alpha value is -3.21. The summed E-state index contributed by atoms with van der Waals surface area (Å²) in [5.74, 6) is -0.778. The second kappa shape index (κ2) is 10.6. The van der Waals surface area contributed by atoms with Gasteiger partial charge in [-0.1, -0.05) is 59.8 Å². The number of hydrogen-bond donors (Lipinski definition) is 1. The van der Waals surface area contributed by atoms with Gasteiger partial charge in [0.05, 0.1) is 18.0 Å². The minimum absolute atomic E-state index is 0.0504. The SMILES string of the molecule is CCOC(=O)c1c(-c2ccccc2Cl)csc1NC(=O)CSc1nnnn1-c1ccccc1. The van der Waals surface area contributed by atoms with Gasteiger partial charge in [-0.2, -0.15) is 4.68 Å². The van der Waals surface area contributed by atoms with Gasteiger partial charge in [0, 0.05) is 21.5 Å². The number of carbonyl (C=O) groups excluding carboxylic acids is 2. The number of para-hydroxylation sites is 1. The van der Waals surface area contributed by atoms with Crippen molar-refractivity contribution in [3.05, 3.63) is 70.6 Å².